The normalized spacial score (nSPS) is 22.2. The Morgan fingerprint density at radius 1 is 1.33 bits per heavy atom. The number of anilines is 1. The summed E-state index contributed by atoms with van der Waals surface area (Å²) in [4.78, 5) is 16.0. The summed E-state index contributed by atoms with van der Waals surface area (Å²) in [5.74, 6) is 0.731. The molecule has 24 heavy (non-hydrogen) atoms. The second kappa shape index (κ2) is 6.55. The first-order chi connectivity index (χ1) is 11.6. The van der Waals surface area contributed by atoms with Crippen molar-refractivity contribution in [3.8, 4) is 11.1 Å². The number of nitrogen functional groups attached to an aromatic ring is 1. The highest BCUT2D eigenvalue weighted by atomic mass is 79.9. The summed E-state index contributed by atoms with van der Waals surface area (Å²) in [7, 11) is 0. The molecular weight excluding hydrogens is 366 g/mol. The number of hydrogen-bond acceptors (Lipinski definition) is 3. The molecule has 1 heterocycles. The summed E-state index contributed by atoms with van der Waals surface area (Å²) in [6, 6.07) is 10.4. The van der Waals surface area contributed by atoms with Crippen LogP contribution >= 0.6 is 16.1 Å². The SMILES string of the molecule is CCC1CC1(CC)c1ccc(-c2cnc(N)c(C(=O)NBr)c2)cc1. The number of halogens is 1. The zero-order valence-corrected chi connectivity index (χ0v) is 15.6. The molecule has 0 aliphatic heterocycles. The quantitative estimate of drug-likeness (QED) is 0.744. The molecule has 0 bridgehead atoms. The lowest BCUT2D eigenvalue weighted by Crippen LogP contribution is -2.15. The predicted octanol–water partition coefficient (Wildman–Crippen LogP) is 4.45. The van der Waals surface area contributed by atoms with Gasteiger partial charge in [-0.15, -0.1) is 0 Å². The molecule has 126 valence electrons. The zero-order chi connectivity index (χ0) is 17.3. The fourth-order valence-electron chi connectivity index (χ4n) is 3.77. The molecule has 0 radical (unpaired) electrons. The number of hydrogen-bond donors (Lipinski definition) is 2. The number of nitrogens with zero attached hydrogens (tertiary/aromatic N) is 1. The van der Waals surface area contributed by atoms with E-state index < -0.39 is 0 Å². The first-order valence-corrected chi connectivity index (χ1v) is 9.12. The van der Waals surface area contributed by atoms with Crippen molar-refractivity contribution in [1.29, 1.82) is 0 Å². The molecule has 0 saturated heterocycles. The molecular formula is C19H22BrN3O. The van der Waals surface area contributed by atoms with Gasteiger partial charge in [-0.1, -0.05) is 44.5 Å². The Morgan fingerprint density at radius 2 is 2.04 bits per heavy atom. The van der Waals surface area contributed by atoms with Gasteiger partial charge in [-0.05, 0) is 41.4 Å². The van der Waals surface area contributed by atoms with Gasteiger partial charge in [0.1, 0.15) is 5.82 Å². The first kappa shape index (κ1) is 17.0. The lowest BCUT2D eigenvalue weighted by atomic mass is 9.88. The average molecular weight is 388 g/mol. The van der Waals surface area contributed by atoms with Gasteiger partial charge < -0.3 is 5.73 Å². The van der Waals surface area contributed by atoms with Crippen LogP contribution in [0, 0.1) is 5.92 Å². The molecule has 1 aromatic heterocycles. The summed E-state index contributed by atoms with van der Waals surface area (Å²) < 4.78 is 2.41. The van der Waals surface area contributed by atoms with E-state index in [9.17, 15) is 4.79 Å². The first-order valence-electron chi connectivity index (χ1n) is 8.33. The molecule has 1 aliphatic rings. The molecule has 1 fully saturated rings. The van der Waals surface area contributed by atoms with Crippen LogP contribution in [0.1, 0.15) is 49.0 Å². The van der Waals surface area contributed by atoms with E-state index in [2.05, 4.69) is 63.6 Å². The maximum Gasteiger partial charge on any atom is 0.264 e. The van der Waals surface area contributed by atoms with Gasteiger partial charge in [-0.2, -0.15) is 0 Å². The van der Waals surface area contributed by atoms with Crippen LogP contribution in [0.4, 0.5) is 5.82 Å². The predicted molar refractivity (Wildman–Crippen MR) is 101 cm³/mol. The highest BCUT2D eigenvalue weighted by Crippen LogP contribution is 2.58. The van der Waals surface area contributed by atoms with Gasteiger partial charge in [0.25, 0.3) is 5.91 Å². The Kier molecular flexibility index (Phi) is 4.63. The zero-order valence-electron chi connectivity index (χ0n) is 14.0. The van der Waals surface area contributed by atoms with E-state index in [0.29, 0.717) is 11.0 Å². The highest BCUT2D eigenvalue weighted by Gasteiger charge is 2.52. The smallest absolute Gasteiger partial charge is 0.264 e. The molecule has 1 aromatic carbocycles. The second-order valence-electron chi connectivity index (χ2n) is 6.48. The van der Waals surface area contributed by atoms with Crippen molar-refractivity contribution < 1.29 is 4.79 Å². The molecule has 0 spiro atoms. The van der Waals surface area contributed by atoms with Gasteiger partial charge in [0.2, 0.25) is 0 Å². The third kappa shape index (κ3) is 2.81. The molecule has 2 unspecified atom stereocenters. The van der Waals surface area contributed by atoms with E-state index >= 15 is 0 Å². The van der Waals surface area contributed by atoms with Crippen LogP contribution in [0.2, 0.25) is 0 Å². The van der Waals surface area contributed by atoms with Crippen LogP contribution in [0.3, 0.4) is 0 Å². The number of amides is 1. The van der Waals surface area contributed by atoms with Crippen molar-refractivity contribution in [2.75, 3.05) is 5.73 Å². The molecule has 1 amide bonds. The molecule has 3 rings (SSSR count). The molecule has 3 N–H and O–H groups in total. The standard InChI is InChI=1S/C19H22BrN3O/c1-3-14-10-19(14,4-2)15-7-5-12(6-8-15)13-9-16(18(24)23-20)17(21)22-11-13/h5-9,11,14H,3-4,10H2,1-2H3,(H2,21,22)(H,23,24). The third-order valence-corrected chi connectivity index (χ3v) is 5.76. The molecule has 2 atom stereocenters. The Bertz CT molecular complexity index is 760. The van der Waals surface area contributed by atoms with E-state index in [0.717, 1.165) is 17.0 Å². The average Bonchev–Trinajstić information content (AvgIpc) is 3.37. The number of rotatable bonds is 5. The van der Waals surface area contributed by atoms with Crippen molar-refractivity contribution in [1.82, 2.24) is 9.33 Å². The monoisotopic (exact) mass is 387 g/mol. The van der Waals surface area contributed by atoms with Crippen LogP contribution in [0.15, 0.2) is 36.5 Å². The second-order valence-corrected chi connectivity index (χ2v) is 6.87. The molecule has 4 nitrogen and oxygen atoms in total. The van der Waals surface area contributed by atoms with Crippen LogP contribution in [-0.2, 0) is 5.41 Å². The summed E-state index contributed by atoms with van der Waals surface area (Å²) in [5, 5.41) is 0. The minimum absolute atomic E-state index is 0.223. The largest absolute Gasteiger partial charge is 0.383 e. The molecule has 1 aliphatic carbocycles. The Hall–Kier alpha value is -1.88. The fraction of sp³-hybridized carbons (Fsp3) is 0.368. The summed E-state index contributed by atoms with van der Waals surface area (Å²) in [6.07, 6.45) is 5.42. The topological polar surface area (TPSA) is 68.0 Å². The van der Waals surface area contributed by atoms with Crippen LogP contribution in [0.25, 0.3) is 11.1 Å². The Labute approximate surface area is 151 Å². The van der Waals surface area contributed by atoms with Crippen LogP contribution in [-0.4, -0.2) is 10.9 Å². The van der Waals surface area contributed by atoms with Gasteiger partial charge in [-0.3, -0.25) is 9.14 Å². The number of pyridine rings is 1. The van der Waals surface area contributed by atoms with Gasteiger partial charge in [0, 0.05) is 27.9 Å². The number of carbonyl (C=O) groups excluding carboxylic acids is 1. The maximum atomic E-state index is 11.8. The van der Waals surface area contributed by atoms with Crippen LogP contribution < -0.4 is 10.1 Å². The highest BCUT2D eigenvalue weighted by molar-refractivity contribution is 9.08. The maximum absolute atomic E-state index is 11.8. The van der Waals surface area contributed by atoms with Crippen molar-refractivity contribution in [3.05, 3.63) is 47.7 Å². The number of nitrogens with one attached hydrogen (secondary N) is 1. The molecule has 1 saturated carbocycles. The fourth-order valence-corrected chi connectivity index (χ4v) is 3.98. The summed E-state index contributed by atoms with van der Waals surface area (Å²) in [5.41, 5.74) is 9.87. The van der Waals surface area contributed by atoms with E-state index in [4.69, 9.17) is 5.73 Å². The van der Waals surface area contributed by atoms with Crippen molar-refractivity contribution in [2.24, 2.45) is 5.92 Å². The van der Waals surface area contributed by atoms with Gasteiger partial charge in [-0.25, -0.2) is 4.98 Å². The number of carbonyl (C=O) groups is 1. The molecule has 5 heteroatoms. The van der Waals surface area contributed by atoms with E-state index in [1.54, 1.807) is 12.3 Å². The van der Waals surface area contributed by atoms with Crippen molar-refractivity contribution in [2.45, 2.75) is 38.5 Å². The summed E-state index contributed by atoms with van der Waals surface area (Å²) in [6.45, 7) is 4.55. The van der Waals surface area contributed by atoms with Crippen LogP contribution in [0.5, 0.6) is 0 Å². The van der Waals surface area contributed by atoms with E-state index in [1.165, 1.54) is 24.8 Å². The van der Waals surface area contributed by atoms with Crippen molar-refractivity contribution in [3.63, 3.8) is 0 Å². The van der Waals surface area contributed by atoms with Gasteiger partial charge in [0.15, 0.2) is 0 Å². The van der Waals surface area contributed by atoms with Gasteiger partial charge in [0.05, 0.1) is 5.56 Å². The lowest BCUT2D eigenvalue weighted by molar-refractivity contribution is 0.0987. The van der Waals surface area contributed by atoms with E-state index in [1.807, 2.05) is 0 Å². The Morgan fingerprint density at radius 3 is 2.58 bits per heavy atom. The lowest BCUT2D eigenvalue weighted by Gasteiger charge is -2.16. The number of aromatic nitrogens is 1. The van der Waals surface area contributed by atoms with E-state index in [-0.39, 0.29) is 11.7 Å². The summed E-state index contributed by atoms with van der Waals surface area (Å²) >= 11 is 2.94. The number of benzene rings is 1. The molecule has 2 aromatic rings. The van der Waals surface area contributed by atoms with Crippen molar-refractivity contribution >= 4 is 27.9 Å². The Balaban J connectivity index is 1.91. The number of nitrogens with two attached hydrogens (primary N) is 1. The minimum atomic E-state index is -0.299. The minimum Gasteiger partial charge on any atom is -0.383 e. The third-order valence-electron chi connectivity index (χ3n) is 5.40. The van der Waals surface area contributed by atoms with Gasteiger partial charge >= 0.3 is 0 Å².